The third-order valence-electron chi connectivity index (χ3n) is 4.63. The van der Waals surface area contributed by atoms with Crippen LogP contribution in [-0.4, -0.2) is 69.0 Å². The van der Waals surface area contributed by atoms with Gasteiger partial charge in [0.05, 0.1) is 12.7 Å². The fraction of sp³-hybridized carbons (Fsp3) is 0.786. The monoisotopic (exact) mass is 292 g/mol. The molecular weight excluding hydrogens is 268 g/mol. The summed E-state index contributed by atoms with van der Waals surface area (Å²) in [5.74, 6) is 0.224. The van der Waals surface area contributed by atoms with Crippen molar-refractivity contribution in [3.8, 4) is 0 Å². The van der Waals surface area contributed by atoms with E-state index in [0.717, 1.165) is 45.4 Å². The molecule has 1 amide bonds. The van der Waals surface area contributed by atoms with Crippen LogP contribution >= 0.6 is 0 Å². The van der Waals surface area contributed by atoms with Gasteiger partial charge in [-0.2, -0.15) is 0 Å². The summed E-state index contributed by atoms with van der Waals surface area (Å²) in [6, 6.07) is 0.885. The lowest BCUT2D eigenvalue weighted by Gasteiger charge is -2.34. The zero-order chi connectivity index (χ0) is 14.7. The lowest BCUT2D eigenvalue weighted by atomic mass is 10.0. The summed E-state index contributed by atoms with van der Waals surface area (Å²) in [5.41, 5.74) is 5.95. The predicted octanol–water partition coefficient (Wildman–Crippen LogP) is -0.308. The zero-order valence-electron chi connectivity index (χ0n) is 12.4. The van der Waals surface area contributed by atoms with Crippen molar-refractivity contribution in [3.05, 3.63) is 12.4 Å². The second-order valence-corrected chi connectivity index (χ2v) is 6.07. The Bertz CT molecular complexity index is 454. The van der Waals surface area contributed by atoms with Gasteiger partial charge in [0.1, 0.15) is 0 Å². The molecule has 3 heterocycles. The van der Waals surface area contributed by atoms with Crippen molar-refractivity contribution in [1.29, 1.82) is 0 Å². The van der Waals surface area contributed by atoms with Crippen LogP contribution in [0.1, 0.15) is 25.7 Å². The smallest absolute Gasteiger partial charge is 0.224 e. The van der Waals surface area contributed by atoms with Crippen LogP contribution in [0.25, 0.3) is 0 Å². The Kier molecular flexibility index (Phi) is 4.50. The molecule has 3 rings (SSSR count). The highest BCUT2D eigenvalue weighted by molar-refractivity contribution is 5.76. The van der Waals surface area contributed by atoms with Crippen molar-refractivity contribution in [2.75, 3.05) is 26.2 Å². The first-order valence-electron chi connectivity index (χ1n) is 7.84. The van der Waals surface area contributed by atoms with Crippen molar-refractivity contribution in [3.63, 3.8) is 0 Å². The minimum Gasteiger partial charge on any atom is -0.341 e. The first-order valence-corrected chi connectivity index (χ1v) is 7.84. The van der Waals surface area contributed by atoms with Gasteiger partial charge in [-0.3, -0.25) is 14.4 Å². The number of nitrogens with two attached hydrogens (primary N) is 1. The van der Waals surface area contributed by atoms with Gasteiger partial charge in [-0.25, -0.2) is 0 Å². The SMILES string of the molecule is NC1CCN(C2CCN(C(=O)CCn3ccnn3)C2)CC1. The predicted molar refractivity (Wildman–Crippen MR) is 78.4 cm³/mol. The number of likely N-dealkylation sites (tertiary alicyclic amines) is 2. The maximum absolute atomic E-state index is 12.2. The lowest BCUT2D eigenvalue weighted by Crippen LogP contribution is -2.46. The van der Waals surface area contributed by atoms with E-state index in [1.165, 1.54) is 0 Å². The van der Waals surface area contributed by atoms with E-state index in [9.17, 15) is 4.79 Å². The number of piperidine rings is 1. The molecule has 2 fully saturated rings. The van der Waals surface area contributed by atoms with Gasteiger partial charge in [0.15, 0.2) is 0 Å². The Morgan fingerprint density at radius 3 is 2.76 bits per heavy atom. The molecule has 7 heteroatoms. The van der Waals surface area contributed by atoms with Crippen molar-refractivity contribution >= 4 is 5.91 Å². The molecule has 2 N–H and O–H groups in total. The molecule has 1 unspecified atom stereocenters. The van der Waals surface area contributed by atoms with Crippen LogP contribution in [0.15, 0.2) is 12.4 Å². The van der Waals surface area contributed by atoms with Crippen LogP contribution in [-0.2, 0) is 11.3 Å². The van der Waals surface area contributed by atoms with Gasteiger partial charge < -0.3 is 10.6 Å². The number of hydrogen-bond acceptors (Lipinski definition) is 5. The summed E-state index contributed by atoms with van der Waals surface area (Å²) >= 11 is 0. The van der Waals surface area contributed by atoms with Crippen LogP contribution in [0, 0.1) is 0 Å². The molecule has 0 radical (unpaired) electrons. The van der Waals surface area contributed by atoms with E-state index in [0.29, 0.717) is 25.0 Å². The molecular formula is C14H24N6O. The van der Waals surface area contributed by atoms with Gasteiger partial charge in [-0.05, 0) is 32.4 Å². The number of rotatable bonds is 4. The summed E-state index contributed by atoms with van der Waals surface area (Å²) in [7, 11) is 0. The van der Waals surface area contributed by atoms with Crippen LogP contribution in [0.2, 0.25) is 0 Å². The normalized spacial score (nSPS) is 24.6. The highest BCUT2D eigenvalue weighted by Gasteiger charge is 2.31. The first-order chi connectivity index (χ1) is 10.2. The van der Waals surface area contributed by atoms with Gasteiger partial charge in [-0.1, -0.05) is 5.21 Å². The Hall–Kier alpha value is -1.47. The zero-order valence-corrected chi connectivity index (χ0v) is 12.4. The van der Waals surface area contributed by atoms with Gasteiger partial charge >= 0.3 is 0 Å². The van der Waals surface area contributed by atoms with Crippen molar-refractivity contribution < 1.29 is 4.79 Å². The first kappa shape index (κ1) is 14.5. The highest BCUT2D eigenvalue weighted by Crippen LogP contribution is 2.20. The van der Waals surface area contributed by atoms with Crippen LogP contribution in [0.4, 0.5) is 0 Å². The fourth-order valence-corrected chi connectivity index (χ4v) is 3.27. The molecule has 2 aliphatic rings. The molecule has 0 aromatic carbocycles. The third kappa shape index (κ3) is 3.59. The second-order valence-electron chi connectivity index (χ2n) is 6.07. The summed E-state index contributed by atoms with van der Waals surface area (Å²) in [4.78, 5) is 16.8. The highest BCUT2D eigenvalue weighted by atomic mass is 16.2. The van der Waals surface area contributed by atoms with Gasteiger partial charge in [-0.15, -0.1) is 5.10 Å². The molecule has 0 aliphatic carbocycles. The lowest BCUT2D eigenvalue weighted by molar-refractivity contribution is -0.130. The maximum atomic E-state index is 12.2. The van der Waals surface area contributed by atoms with Crippen LogP contribution in [0.3, 0.4) is 0 Å². The molecule has 1 atom stereocenters. The van der Waals surface area contributed by atoms with Crippen LogP contribution < -0.4 is 5.73 Å². The number of aryl methyl sites for hydroxylation is 1. The Morgan fingerprint density at radius 1 is 1.24 bits per heavy atom. The molecule has 7 nitrogen and oxygen atoms in total. The number of amides is 1. The number of carbonyl (C=O) groups excluding carboxylic acids is 1. The molecule has 0 bridgehead atoms. The van der Waals surface area contributed by atoms with E-state index < -0.39 is 0 Å². The quantitative estimate of drug-likeness (QED) is 0.823. The molecule has 0 spiro atoms. The minimum absolute atomic E-state index is 0.224. The van der Waals surface area contributed by atoms with Crippen molar-refractivity contribution in [2.45, 2.75) is 44.3 Å². The molecule has 1 aromatic heterocycles. The topological polar surface area (TPSA) is 80.3 Å². The average molecular weight is 292 g/mol. The van der Waals surface area contributed by atoms with Gasteiger partial charge in [0.2, 0.25) is 5.91 Å². The number of nitrogens with zero attached hydrogens (tertiary/aromatic N) is 5. The van der Waals surface area contributed by atoms with E-state index in [4.69, 9.17) is 5.73 Å². The number of carbonyl (C=O) groups is 1. The molecule has 2 saturated heterocycles. The van der Waals surface area contributed by atoms with Crippen molar-refractivity contribution in [1.82, 2.24) is 24.8 Å². The maximum Gasteiger partial charge on any atom is 0.224 e. The summed E-state index contributed by atoms with van der Waals surface area (Å²) in [6.45, 7) is 4.51. The Balaban J connectivity index is 1.44. The summed E-state index contributed by atoms with van der Waals surface area (Å²) in [6.07, 6.45) is 7.17. The standard InChI is InChI=1S/C14H24N6O/c15-12-1-6-18(7-2-12)13-3-8-19(11-13)14(21)4-9-20-10-5-16-17-20/h5,10,12-13H,1-4,6-9,11,15H2. The second kappa shape index (κ2) is 6.53. The molecule has 0 saturated carbocycles. The fourth-order valence-electron chi connectivity index (χ4n) is 3.27. The largest absolute Gasteiger partial charge is 0.341 e. The molecule has 1 aromatic rings. The average Bonchev–Trinajstić information content (AvgIpc) is 3.17. The Morgan fingerprint density at radius 2 is 2.05 bits per heavy atom. The third-order valence-corrected chi connectivity index (χ3v) is 4.63. The van der Waals surface area contributed by atoms with E-state index >= 15 is 0 Å². The Labute approximate surface area is 125 Å². The van der Waals surface area contributed by atoms with Crippen molar-refractivity contribution in [2.24, 2.45) is 5.73 Å². The summed E-state index contributed by atoms with van der Waals surface area (Å²) < 4.78 is 1.71. The van der Waals surface area contributed by atoms with Gasteiger partial charge in [0.25, 0.3) is 0 Å². The molecule has 21 heavy (non-hydrogen) atoms. The summed E-state index contributed by atoms with van der Waals surface area (Å²) in [5, 5.41) is 7.63. The molecule has 2 aliphatic heterocycles. The van der Waals surface area contributed by atoms with E-state index in [1.54, 1.807) is 17.1 Å². The van der Waals surface area contributed by atoms with E-state index in [2.05, 4.69) is 15.2 Å². The molecule has 116 valence electrons. The minimum atomic E-state index is 0.224. The number of hydrogen-bond donors (Lipinski definition) is 1. The number of aromatic nitrogens is 3. The van der Waals surface area contributed by atoms with E-state index in [-0.39, 0.29) is 5.91 Å². The van der Waals surface area contributed by atoms with Crippen LogP contribution in [0.5, 0.6) is 0 Å². The van der Waals surface area contributed by atoms with E-state index in [1.807, 2.05) is 4.90 Å². The van der Waals surface area contributed by atoms with Gasteiger partial charge in [0, 0.05) is 37.8 Å².